The maximum atomic E-state index is 12.7. The van der Waals surface area contributed by atoms with Crippen molar-refractivity contribution in [2.75, 3.05) is 18.1 Å². The van der Waals surface area contributed by atoms with E-state index in [9.17, 15) is 4.79 Å². The molecule has 0 fully saturated rings. The van der Waals surface area contributed by atoms with Crippen LogP contribution in [0.2, 0.25) is 0 Å². The van der Waals surface area contributed by atoms with Gasteiger partial charge in [0.2, 0.25) is 0 Å². The average Bonchev–Trinajstić information content (AvgIpc) is 3.22. The van der Waals surface area contributed by atoms with Crippen molar-refractivity contribution >= 4 is 29.0 Å². The minimum atomic E-state index is -0.393. The number of amides is 1. The first-order valence-electron chi connectivity index (χ1n) is 8.03. The smallest absolute Gasteiger partial charge is 0.301 e. The summed E-state index contributed by atoms with van der Waals surface area (Å²) < 4.78 is 16.3. The molecule has 0 aliphatic carbocycles. The van der Waals surface area contributed by atoms with Gasteiger partial charge in [0, 0.05) is 0 Å². The van der Waals surface area contributed by atoms with Crippen molar-refractivity contribution in [1.82, 2.24) is 0 Å². The molecule has 3 aromatic rings. The molecule has 0 radical (unpaired) electrons. The Hall–Kier alpha value is -3.12. The summed E-state index contributed by atoms with van der Waals surface area (Å²) in [6.07, 6.45) is 1.44. The third kappa shape index (κ3) is 4.49. The number of carbonyl (C=O) groups excluding carboxylic acids is 1. The van der Waals surface area contributed by atoms with Gasteiger partial charge in [-0.05, 0) is 48.6 Å². The molecule has 0 bridgehead atoms. The monoisotopic (exact) mass is 367 g/mol. The van der Waals surface area contributed by atoms with Gasteiger partial charge < -0.3 is 13.9 Å². The van der Waals surface area contributed by atoms with Crippen LogP contribution in [0.1, 0.15) is 10.6 Å². The Balaban J connectivity index is 1.64. The van der Waals surface area contributed by atoms with E-state index in [1.807, 2.05) is 48.5 Å². The molecular formula is C20H17NO4S. The van der Waals surface area contributed by atoms with Crippen molar-refractivity contribution < 1.29 is 18.7 Å². The van der Waals surface area contributed by atoms with Crippen LogP contribution >= 0.6 is 12.2 Å². The summed E-state index contributed by atoms with van der Waals surface area (Å²) in [7, 11) is 0. The first-order chi connectivity index (χ1) is 12.8. The van der Waals surface area contributed by atoms with Gasteiger partial charge in [-0.3, -0.25) is 4.79 Å². The van der Waals surface area contributed by atoms with E-state index < -0.39 is 5.91 Å². The van der Waals surface area contributed by atoms with E-state index in [4.69, 9.17) is 26.1 Å². The van der Waals surface area contributed by atoms with E-state index in [1.165, 1.54) is 11.2 Å². The second-order valence-electron chi connectivity index (χ2n) is 5.23. The second kappa shape index (κ2) is 8.82. The van der Waals surface area contributed by atoms with Gasteiger partial charge in [0.25, 0.3) is 5.17 Å². The molecule has 0 aliphatic rings. The van der Waals surface area contributed by atoms with Crippen LogP contribution in [0.15, 0.2) is 83.5 Å². The predicted octanol–water partition coefficient (Wildman–Crippen LogP) is 4.31. The van der Waals surface area contributed by atoms with E-state index >= 15 is 0 Å². The summed E-state index contributed by atoms with van der Waals surface area (Å²) in [5.74, 6) is 0.532. The molecule has 0 aliphatic heterocycles. The highest BCUT2D eigenvalue weighted by Gasteiger charge is 2.25. The van der Waals surface area contributed by atoms with Crippen LogP contribution in [0.3, 0.4) is 0 Å². The Morgan fingerprint density at radius 3 is 2.27 bits per heavy atom. The number of hydrogen-bond donors (Lipinski definition) is 0. The van der Waals surface area contributed by atoms with Gasteiger partial charge >= 0.3 is 5.91 Å². The van der Waals surface area contributed by atoms with E-state index in [0.29, 0.717) is 12.3 Å². The first kappa shape index (κ1) is 17.7. The van der Waals surface area contributed by atoms with Gasteiger partial charge in [-0.25, -0.2) is 4.90 Å². The third-order valence-electron chi connectivity index (χ3n) is 3.45. The van der Waals surface area contributed by atoms with Crippen molar-refractivity contribution in [1.29, 1.82) is 0 Å². The minimum Gasteiger partial charge on any atom is -0.490 e. The van der Waals surface area contributed by atoms with Crippen LogP contribution in [-0.4, -0.2) is 24.3 Å². The predicted molar refractivity (Wildman–Crippen MR) is 102 cm³/mol. The summed E-state index contributed by atoms with van der Waals surface area (Å²) >= 11 is 5.32. The summed E-state index contributed by atoms with van der Waals surface area (Å²) in [4.78, 5) is 14.0. The highest BCUT2D eigenvalue weighted by molar-refractivity contribution is 7.80. The van der Waals surface area contributed by atoms with E-state index in [2.05, 4.69) is 0 Å². The Labute approximate surface area is 156 Å². The molecule has 0 atom stereocenters. The van der Waals surface area contributed by atoms with Crippen LogP contribution < -0.4 is 9.64 Å². The molecule has 132 valence electrons. The van der Waals surface area contributed by atoms with Gasteiger partial charge in [-0.2, -0.15) is 0 Å². The van der Waals surface area contributed by atoms with Gasteiger partial charge in [-0.1, -0.05) is 36.4 Å². The molecule has 1 aromatic heterocycles. The molecule has 1 amide bonds. The largest absolute Gasteiger partial charge is 0.490 e. The summed E-state index contributed by atoms with van der Waals surface area (Å²) in [5.41, 5.74) is 0.600. The fourth-order valence-corrected chi connectivity index (χ4v) is 2.53. The molecule has 26 heavy (non-hydrogen) atoms. The van der Waals surface area contributed by atoms with E-state index in [-0.39, 0.29) is 17.5 Å². The molecule has 6 heteroatoms. The van der Waals surface area contributed by atoms with Crippen molar-refractivity contribution in [2.45, 2.75) is 0 Å². The van der Waals surface area contributed by atoms with Gasteiger partial charge in [0.1, 0.15) is 19.0 Å². The molecule has 0 N–H and O–H groups in total. The number of nitrogens with zero attached hydrogens (tertiary/aromatic N) is 1. The molecule has 0 spiro atoms. The molecule has 2 aromatic carbocycles. The molecule has 3 rings (SSSR count). The van der Waals surface area contributed by atoms with Crippen LogP contribution in [0.4, 0.5) is 5.69 Å². The number of ether oxygens (including phenoxy) is 2. The molecular weight excluding hydrogens is 350 g/mol. The van der Waals surface area contributed by atoms with Crippen molar-refractivity contribution in [3.8, 4) is 5.75 Å². The fourth-order valence-electron chi connectivity index (χ4n) is 2.26. The first-order valence-corrected chi connectivity index (χ1v) is 8.44. The molecule has 0 saturated carbocycles. The number of thiocarbonyl (C=S) groups is 1. The van der Waals surface area contributed by atoms with Crippen molar-refractivity contribution in [3.05, 3.63) is 84.8 Å². The summed E-state index contributed by atoms with van der Waals surface area (Å²) in [5, 5.41) is 0.0364. The van der Waals surface area contributed by atoms with E-state index in [0.717, 1.165) is 5.75 Å². The van der Waals surface area contributed by atoms with Gasteiger partial charge in [-0.15, -0.1) is 0 Å². The molecule has 0 unspecified atom stereocenters. The fraction of sp³-hybridized carbons (Fsp3) is 0.100. The van der Waals surface area contributed by atoms with Gasteiger partial charge in [0.15, 0.2) is 5.76 Å². The lowest BCUT2D eigenvalue weighted by Crippen LogP contribution is -2.37. The minimum absolute atomic E-state index is 0.0364. The summed E-state index contributed by atoms with van der Waals surface area (Å²) in [6, 6.07) is 21.7. The molecule has 1 heterocycles. The number of furan rings is 1. The van der Waals surface area contributed by atoms with Crippen molar-refractivity contribution in [3.63, 3.8) is 0 Å². The quantitative estimate of drug-likeness (QED) is 0.480. The zero-order valence-electron chi connectivity index (χ0n) is 13.9. The maximum absolute atomic E-state index is 12.7. The van der Waals surface area contributed by atoms with Crippen LogP contribution in [0.5, 0.6) is 5.75 Å². The SMILES string of the molecule is O=C(c1ccco1)N(C(=S)OCCOc1ccccc1)c1ccccc1. The lowest BCUT2D eigenvalue weighted by molar-refractivity contribution is 0.0967. The number of carbonyl (C=O) groups is 1. The Morgan fingerprint density at radius 1 is 0.923 bits per heavy atom. The topological polar surface area (TPSA) is 51.9 Å². The zero-order chi connectivity index (χ0) is 18.2. The Morgan fingerprint density at radius 2 is 1.62 bits per heavy atom. The second-order valence-corrected chi connectivity index (χ2v) is 5.58. The number of hydrogen-bond acceptors (Lipinski definition) is 5. The Bertz CT molecular complexity index is 835. The Kier molecular flexibility index (Phi) is 6.01. The number of rotatable bonds is 6. The van der Waals surface area contributed by atoms with Crippen molar-refractivity contribution in [2.24, 2.45) is 0 Å². The average molecular weight is 367 g/mol. The van der Waals surface area contributed by atoms with Crippen LogP contribution in [0, 0.1) is 0 Å². The maximum Gasteiger partial charge on any atom is 0.301 e. The third-order valence-corrected chi connectivity index (χ3v) is 3.75. The lowest BCUT2D eigenvalue weighted by Gasteiger charge is -2.22. The summed E-state index contributed by atoms with van der Waals surface area (Å²) in [6.45, 7) is 0.518. The number of para-hydroxylation sites is 2. The number of benzene rings is 2. The highest BCUT2D eigenvalue weighted by Crippen LogP contribution is 2.19. The van der Waals surface area contributed by atoms with Gasteiger partial charge in [0.05, 0.1) is 12.0 Å². The normalized spacial score (nSPS) is 10.2. The lowest BCUT2D eigenvalue weighted by atomic mass is 10.3. The molecule has 0 saturated heterocycles. The number of anilines is 1. The van der Waals surface area contributed by atoms with Crippen LogP contribution in [-0.2, 0) is 4.74 Å². The zero-order valence-corrected chi connectivity index (χ0v) is 14.7. The highest BCUT2D eigenvalue weighted by atomic mass is 32.1. The van der Waals surface area contributed by atoms with Crippen LogP contribution in [0.25, 0.3) is 0 Å². The molecule has 5 nitrogen and oxygen atoms in total. The standard InChI is InChI=1S/C20H17NO4S/c22-19(18-12-7-13-24-18)21(16-8-3-1-4-9-16)20(26)25-15-14-23-17-10-5-2-6-11-17/h1-13H,14-15H2. The van der Waals surface area contributed by atoms with E-state index in [1.54, 1.807) is 24.3 Å².